The van der Waals surface area contributed by atoms with Crippen molar-refractivity contribution in [3.63, 3.8) is 0 Å². The second kappa shape index (κ2) is 4.49. The van der Waals surface area contributed by atoms with Crippen LogP contribution in [0.25, 0.3) is 0 Å². The van der Waals surface area contributed by atoms with E-state index in [9.17, 15) is 4.39 Å². The number of nitrogens with zero attached hydrogens (tertiary/aromatic N) is 3. The molecule has 0 saturated carbocycles. The van der Waals surface area contributed by atoms with Crippen LogP contribution in [0.15, 0.2) is 24.5 Å². The van der Waals surface area contributed by atoms with Crippen LogP contribution in [0.3, 0.4) is 0 Å². The van der Waals surface area contributed by atoms with Crippen LogP contribution in [-0.2, 0) is 13.6 Å². The molecule has 0 amide bonds. The number of benzene rings is 1. The lowest BCUT2D eigenvalue weighted by atomic mass is 10.3. The van der Waals surface area contributed by atoms with E-state index in [1.807, 2.05) is 7.05 Å². The highest BCUT2D eigenvalue weighted by atomic mass is 35.5. The minimum absolute atomic E-state index is 0.377. The summed E-state index contributed by atoms with van der Waals surface area (Å²) < 4.78 is 15.2. The first kappa shape index (κ1) is 10.9. The highest BCUT2D eigenvalue weighted by Gasteiger charge is 2.04. The number of aryl methyl sites for hydroxylation is 1. The van der Waals surface area contributed by atoms with E-state index in [1.54, 1.807) is 23.0 Å². The highest BCUT2D eigenvalue weighted by Crippen LogP contribution is 2.19. The number of hydrogen-bond acceptors (Lipinski definition) is 3. The third kappa shape index (κ3) is 2.30. The number of hydrogen-bond donors (Lipinski definition) is 1. The van der Waals surface area contributed by atoms with Gasteiger partial charge in [-0.2, -0.15) is 0 Å². The summed E-state index contributed by atoms with van der Waals surface area (Å²) in [6, 6.07) is 4.48. The first-order valence-electron chi connectivity index (χ1n) is 4.68. The molecule has 0 fully saturated rings. The fraction of sp³-hybridized carbons (Fsp3) is 0.200. The maximum Gasteiger partial charge on any atom is 0.151 e. The Morgan fingerprint density at radius 2 is 2.31 bits per heavy atom. The lowest BCUT2D eigenvalue weighted by molar-refractivity contribution is 0.629. The monoisotopic (exact) mass is 240 g/mol. The van der Waals surface area contributed by atoms with Gasteiger partial charge in [-0.3, -0.25) is 0 Å². The van der Waals surface area contributed by atoms with Gasteiger partial charge in [0.1, 0.15) is 12.1 Å². The van der Waals surface area contributed by atoms with E-state index in [1.165, 1.54) is 6.07 Å². The number of aromatic nitrogens is 3. The van der Waals surface area contributed by atoms with E-state index in [2.05, 4.69) is 15.5 Å². The predicted molar refractivity (Wildman–Crippen MR) is 59.7 cm³/mol. The molecule has 0 saturated heterocycles. The number of nitrogens with one attached hydrogen (secondary N) is 1. The van der Waals surface area contributed by atoms with Crippen molar-refractivity contribution in [2.75, 3.05) is 5.32 Å². The Hall–Kier alpha value is -1.62. The standard InChI is InChI=1S/C10H10ClFN4/c1-16-6-14-15-10(16)5-13-9-3-2-7(11)4-8(9)12/h2-4,6,13H,5H2,1H3. The summed E-state index contributed by atoms with van der Waals surface area (Å²) in [5, 5.41) is 10.9. The minimum Gasteiger partial charge on any atom is -0.375 e. The summed E-state index contributed by atoms with van der Waals surface area (Å²) >= 11 is 5.65. The van der Waals surface area contributed by atoms with Gasteiger partial charge in [-0.15, -0.1) is 10.2 Å². The van der Waals surface area contributed by atoms with Gasteiger partial charge in [-0.1, -0.05) is 11.6 Å². The smallest absolute Gasteiger partial charge is 0.151 e. The molecule has 4 nitrogen and oxygen atoms in total. The Kier molecular flexibility index (Phi) is 3.05. The van der Waals surface area contributed by atoms with E-state index in [4.69, 9.17) is 11.6 Å². The van der Waals surface area contributed by atoms with Crippen LogP contribution in [0.2, 0.25) is 5.02 Å². The molecule has 0 aliphatic rings. The van der Waals surface area contributed by atoms with E-state index in [-0.39, 0.29) is 5.82 Å². The molecule has 2 rings (SSSR count). The quantitative estimate of drug-likeness (QED) is 0.895. The molecular formula is C10H10ClFN4. The van der Waals surface area contributed by atoms with E-state index >= 15 is 0 Å². The van der Waals surface area contributed by atoms with Gasteiger partial charge < -0.3 is 9.88 Å². The lowest BCUT2D eigenvalue weighted by Crippen LogP contribution is -2.06. The minimum atomic E-state index is -0.380. The molecule has 16 heavy (non-hydrogen) atoms. The van der Waals surface area contributed by atoms with Crippen LogP contribution in [0, 0.1) is 5.82 Å². The summed E-state index contributed by atoms with van der Waals surface area (Å²) in [4.78, 5) is 0. The molecular weight excluding hydrogens is 231 g/mol. The molecule has 6 heteroatoms. The summed E-state index contributed by atoms with van der Waals surface area (Å²) in [6.45, 7) is 0.412. The van der Waals surface area contributed by atoms with E-state index in [0.29, 0.717) is 17.3 Å². The average Bonchev–Trinajstić information content (AvgIpc) is 2.63. The van der Waals surface area contributed by atoms with Crippen molar-refractivity contribution in [1.29, 1.82) is 0 Å². The molecule has 1 aromatic carbocycles. The van der Waals surface area contributed by atoms with Gasteiger partial charge in [0.05, 0.1) is 12.2 Å². The third-order valence-corrected chi connectivity index (χ3v) is 2.41. The Bertz CT molecular complexity index is 497. The second-order valence-corrected chi connectivity index (χ2v) is 3.77. The van der Waals surface area contributed by atoms with Crippen molar-refractivity contribution in [1.82, 2.24) is 14.8 Å². The molecule has 1 heterocycles. The topological polar surface area (TPSA) is 42.7 Å². The number of anilines is 1. The predicted octanol–water partition coefficient (Wildman–Crippen LogP) is 2.22. The summed E-state index contributed by atoms with van der Waals surface area (Å²) in [5.74, 6) is 0.351. The zero-order valence-electron chi connectivity index (χ0n) is 8.61. The van der Waals surface area contributed by atoms with E-state index < -0.39 is 0 Å². The van der Waals surface area contributed by atoms with Gasteiger partial charge in [0.25, 0.3) is 0 Å². The second-order valence-electron chi connectivity index (χ2n) is 3.34. The lowest BCUT2D eigenvalue weighted by Gasteiger charge is -2.06. The highest BCUT2D eigenvalue weighted by molar-refractivity contribution is 6.30. The first-order valence-corrected chi connectivity index (χ1v) is 5.06. The maximum atomic E-state index is 13.4. The van der Waals surface area contributed by atoms with Gasteiger partial charge in [-0.25, -0.2) is 4.39 Å². The Labute approximate surface area is 97.1 Å². The van der Waals surface area contributed by atoms with Crippen LogP contribution in [0.5, 0.6) is 0 Å². The molecule has 0 aliphatic heterocycles. The van der Waals surface area contributed by atoms with Gasteiger partial charge in [0.2, 0.25) is 0 Å². The van der Waals surface area contributed by atoms with Crippen LogP contribution < -0.4 is 5.32 Å². The Morgan fingerprint density at radius 3 is 2.94 bits per heavy atom. The van der Waals surface area contributed by atoms with Gasteiger partial charge in [0, 0.05) is 12.1 Å². The molecule has 84 valence electrons. The van der Waals surface area contributed by atoms with Crippen molar-refractivity contribution in [2.24, 2.45) is 7.05 Å². The molecule has 1 aromatic heterocycles. The van der Waals surface area contributed by atoms with Crippen LogP contribution in [-0.4, -0.2) is 14.8 Å². The maximum absolute atomic E-state index is 13.4. The molecule has 0 aliphatic carbocycles. The fourth-order valence-electron chi connectivity index (χ4n) is 1.27. The summed E-state index contributed by atoms with van der Waals surface area (Å²) in [7, 11) is 1.83. The van der Waals surface area contributed by atoms with Crippen LogP contribution >= 0.6 is 11.6 Å². The average molecular weight is 241 g/mol. The summed E-state index contributed by atoms with van der Waals surface area (Å²) in [5.41, 5.74) is 0.396. The zero-order chi connectivity index (χ0) is 11.5. The molecule has 0 radical (unpaired) electrons. The molecule has 0 atom stereocenters. The van der Waals surface area contributed by atoms with Gasteiger partial charge >= 0.3 is 0 Å². The van der Waals surface area contributed by atoms with Crippen molar-refractivity contribution in [3.05, 3.63) is 41.2 Å². The Balaban J connectivity index is 2.08. The third-order valence-electron chi connectivity index (χ3n) is 2.17. The summed E-state index contributed by atoms with van der Waals surface area (Å²) in [6.07, 6.45) is 1.59. The molecule has 1 N–H and O–H groups in total. The normalized spacial score (nSPS) is 10.4. The van der Waals surface area contributed by atoms with E-state index in [0.717, 1.165) is 5.82 Å². The molecule has 0 spiro atoms. The van der Waals surface area contributed by atoms with Crippen LogP contribution in [0.4, 0.5) is 10.1 Å². The largest absolute Gasteiger partial charge is 0.375 e. The molecule has 0 unspecified atom stereocenters. The molecule has 0 bridgehead atoms. The zero-order valence-corrected chi connectivity index (χ0v) is 9.37. The van der Waals surface area contributed by atoms with Crippen molar-refractivity contribution < 1.29 is 4.39 Å². The van der Waals surface area contributed by atoms with Crippen molar-refractivity contribution in [2.45, 2.75) is 6.54 Å². The van der Waals surface area contributed by atoms with Crippen molar-refractivity contribution in [3.8, 4) is 0 Å². The fourth-order valence-corrected chi connectivity index (χ4v) is 1.43. The van der Waals surface area contributed by atoms with Crippen LogP contribution in [0.1, 0.15) is 5.82 Å². The molecule has 2 aromatic rings. The first-order chi connectivity index (χ1) is 7.66. The SMILES string of the molecule is Cn1cnnc1CNc1ccc(Cl)cc1F. The Morgan fingerprint density at radius 1 is 1.50 bits per heavy atom. The van der Waals surface area contributed by atoms with Gasteiger partial charge in [0.15, 0.2) is 5.82 Å². The number of rotatable bonds is 3. The van der Waals surface area contributed by atoms with Gasteiger partial charge in [-0.05, 0) is 18.2 Å². The number of halogens is 2. The van der Waals surface area contributed by atoms with Crippen molar-refractivity contribution >= 4 is 17.3 Å².